The van der Waals surface area contributed by atoms with Gasteiger partial charge < -0.3 is 29.6 Å². The average Bonchev–Trinajstić information content (AvgIpc) is 1.46. The highest BCUT2D eigenvalue weighted by Gasteiger charge is 2.28. The van der Waals surface area contributed by atoms with E-state index in [-0.39, 0.29) is 16.6 Å². The third kappa shape index (κ3) is 16.9. The molecule has 3 aliphatic rings. The number of rotatable bonds is 11. The minimum absolute atomic E-state index is 0.0322. The van der Waals surface area contributed by atoms with Crippen LogP contribution in [0, 0.1) is 17.9 Å². The first kappa shape index (κ1) is 85.2. The maximum absolute atomic E-state index is 12.8. The van der Waals surface area contributed by atoms with Gasteiger partial charge in [-0.25, -0.2) is 20.1 Å². The fourth-order valence-electron chi connectivity index (χ4n) is 19.0. The Balaban J connectivity index is 0.000000114. The van der Waals surface area contributed by atoms with Crippen molar-refractivity contribution < 1.29 is 4.74 Å². The van der Waals surface area contributed by atoms with Gasteiger partial charge in [0, 0.05) is 96.7 Å². The van der Waals surface area contributed by atoms with E-state index in [2.05, 4.69) is 340 Å². The summed E-state index contributed by atoms with van der Waals surface area (Å²) < 4.78 is 5.62. The normalized spacial score (nSPS) is 12.4. The minimum Gasteiger partial charge on any atom is -0.462 e. The summed E-state index contributed by atoms with van der Waals surface area (Å²) >= 11 is 0. The summed E-state index contributed by atoms with van der Waals surface area (Å²) in [5.41, 5.74) is 31.8. The number of para-hydroxylation sites is 2. The van der Waals surface area contributed by atoms with Crippen LogP contribution in [0.1, 0.15) is 35.3 Å². The van der Waals surface area contributed by atoms with E-state index in [9.17, 15) is 9.59 Å². The summed E-state index contributed by atoms with van der Waals surface area (Å²) in [7, 11) is 4.00. The van der Waals surface area contributed by atoms with Crippen molar-refractivity contribution in [1.29, 1.82) is 5.26 Å². The van der Waals surface area contributed by atoms with Crippen molar-refractivity contribution in [2.45, 2.75) is 6.92 Å². The van der Waals surface area contributed by atoms with Crippen LogP contribution in [0.2, 0.25) is 0 Å². The average molecular weight is 1760 g/mol. The largest absolute Gasteiger partial charge is 0.462 e. The number of hydrogen-bond donors (Lipinski definition) is 4. The molecule has 5 aromatic heterocycles. The number of aromatic nitrogens is 6. The minimum atomic E-state index is -0.0322. The van der Waals surface area contributed by atoms with Gasteiger partial charge in [0.05, 0.1) is 46.5 Å². The summed E-state index contributed by atoms with van der Waals surface area (Å²) in [6, 6.07) is 141. The van der Waals surface area contributed by atoms with E-state index in [1.165, 1.54) is 76.8 Å². The van der Waals surface area contributed by atoms with E-state index < -0.39 is 0 Å². The summed E-state index contributed by atoms with van der Waals surface area (Å²) in [5.74, 6) is 1.26. The maximum atomic E-state index is 12.8. The van der Waals surface area contributed by atoms with Crippen molar-refractivity contribution in [3.8, 4) is 95.1 Å². The number of benzene rings is 16. The number of fused-ring (bicyclic) bond motifs is 15. The Morgan fingerprint density at radius 1 is 0.321 bits per heavy atom. The molecule has 0 spiro atoms. The van der Waals surface area contributed by atoms with Crippen molar-refractivity contribution in [3.63, 3.8) is 0 Å². The second-order valence-corrected chi connectivity index (χ2v) is 34.0. The standard InChI is InChI=1S/C44H30N4.C42H28.C20H12N2O2.C19H17N3O/c1-5-13-29(14-6-1)41-33-21-23-35(45-33)42(30-15-7-2-8-16-30)37-25-27-39(47-37)44(32-19-11-4-12-20-32)40-28-26-38(48-40)43(31-17-9-3-10-18-31)36-24-22-34(41)46-36;1-5-17-29(18-6-1)37-33-25-13-14-26-34(33)39(31-21-9-3-10-22-31)42-40(32-23-11-4-12-24-32)36-28-16-15-27-35(36)38(41(37)42)30-19-7-2-8-20-30;23-19-11-5-1-3-7-15(11)21-17-10-14-18(9-13(17)19)22-16-8-4-2-6-12(16)20(14)24;1-14-11-16(19(13-20)21-2)12-18(23-14)10-7-15-5-8-17(9-6-15)22(3)4/h1-28,45,48H;1-28H;1-10H,(H,21,23)(H,22,24);5-12H,1,3-4H3/b;;;10-7?,19-16+. The summed E-state index contributed by atoms with van der Waals surface area (Å²) in [6.45, 7) is 8.84. The van der Waals surface area contributed by atoms with Crippen LogP contribution in [0.5, 0.6) is 0 Å². The fourth-order valence-corrected chi connectivity index (χ4v) is 19.0. The number of allylic oxidation sites excluding steroid dienone is 6. The number of aromatic amines is 4. The van der Waals surface area contributed by atoms with E-state index >= 15 is 0 Å². The molecule has 12 heteroatoms. The molecule has 0 fully saturated rings. The van der Waals surface area contributed by atoms with Gasteiger partial charge in [-0.15, -0.1) is 0 Å². The van der Waals surface area contributed by atoms with Crippen molar-refractivity contribution >= 4 is 134 Å². The van der Waals surface area contributed by atoms with Gasteiger partial charge in [0.15, 0.2) is 10.9 Å². The van der Waals surface area contributed by atoms with Crippen LogP contribution in [-0.2, 0) is 4.74 Å². The van der Waals surface area contributed by atoms with Gasteiger partial charge in [-0.05, 0) is 232 Å². The molecule has 3 aliphatic heterocycles. The van der Waals surface area contributed by atoms with Gasteiger partial charge in [0.2, 0.25) is 0 Å². The molecule has 12 nitrogen and oxygen atoms in total. The van der Waals surface area contributed by atoms with Crippen molar-refractivity contribution in [2.75, 3.05) is 19.0 Å². The SMILES string of the molecule is C1=Cc2nc1c(-c1ccccc1)c1ccc([nH]1)c(-c1ccccc1)c1nc(c(-c3ccccc3)c3ccc([nH]3)c2-c2ccccc2)C=C1.O=c1c2ccccc2[nH]c2cc3c(=O)c4ccccc4[nH]c3cc12.[C-]#[N+]/C(C#N)=C1\C=C(C)OC(C=Cc2ccc(N(C)C)cc2)=C1.c1ccc(-c2c3ccccc3c(-c3ccccc3)c3c(-c4ccccc4)c4ccccc4c(-c4ccccc4)c23)cc1. The third-order valence-corrected chi connectivity index (χ3v) is 25.2. The van der Waals surface area contributed by atoms with Crippen LogP contribution in [0.3, 0.4) is 0 Å². The summed E-state index contributed by atoms with van der Waals surface area (Å²) in [5, 5.41) is 19.1. The lowest BCUT2D eigenvalue weighted by Gasteiger charge is -2.25. The van der Waals surface area contributed by atoms with Gasteiger partial charge in [-0.2, -0.15) is 0 Å². The van der Waals surface area contributed by atoms with Crippen molar-refractivity contribution in [3.05, 3.63) is 502 Å². The molecular weight excluding hydrogens is 1680 g/mol. The molecule has 0 saturated carbocycles. The van der Waals surface area contributed by atoms with Crippen LogP contribution >= 0.6 is 0 Å². The first-order valence-electron chi connectivity index (χ1n) is 45.5. The molecule has 24 rings (SSSR count). The number of H-pyrrole nitrogens is 4. The molecule has 8 heterocycles. The van der Waals surface area contributed by atoms with E-state index in [0.29, 0.717) is 49.7 Å². The van der Waals surface area contributed by atoms with E-state index in [1.54, 1.807) is 43.3 Å². The zero-order valence-corrected chi connectivity index (χ0v) is 75.2. The second kappa shape index (κ2) is 37.7. The quantitative estimate of drug-likeness (QED) is 0.0569. The number of nitriles is 1. The van der Waals surface area contributed by atoms with Gasteiger partial charge in [-0.3, -0.25) is 9.59 Å². The molecule has 8 bridgehead atoms. The van der Waals surface area contributed by atoms with Crippen LogP contribution < -0.4 is 15.8 Å². The molecule has 650 valence electrons. The van der Waals surface area contributed by atoms with Gasteiger partial charge in [0.1, 0.15) is 11.5 Å². The Morgan fingerprint density at radius 2 is 0.599 bits per heavy atom. The zero-order valence-electron chi connectivity index (χ0n) is 75.2. The van der Waals surface area contributed by atoms with Gasteiger partial charge in [-0.1, -0.05) is 334 Å². The van der Waals surface area contributed by atoms with Gasteiger partial charge in [0.25, 0.3) is 5.70 Å². The number of nitrogens with zero attached hydrogens (tertiary/aromatic N) is 5. The molecule has 137 heavy (non-hydrogen) atoms. The lowest BCUT2D eigenvalue weighted by atomic mass is 9.77. The number of pyridine rings is 2. The number of hydrogen-bond acceptors (Lipinski definition) is 7. The smallest absolute Gasteiger partial charge is 0.269 e. The maximum Gasteiger partial charge on any atom is 0.269 e. The Bertz CT molecular complexity index is 8120. The van der Waals surface area contributed by atoms with Crippen LogP contribution in [-0.4, -0.2) is 44.0 Å². The van der Waals surface area contributed by atoms with Gasteiger partial charge >= 0.3 is 0 Å². The molecule has 0 saturated heterocycles. The molecular formula is C125H87N9O3. The molecule has 0 aliphatic carbocycles. The zero-order chi connectivity index (χ0) is 92.8. The topological polar surface area (TPSA) is 164 Å². The molecule has 0 unspecified atom stereocenters. The number of ether oxygens (including phenoxy) is 1. The Kier molecular flexibility index (Phi) is 23.4. The highest BCUT2D eigenvalue weighted by molar-refractivity contribution is 6.34. The molecule has 21 aromatic rings. The van der Waals surface area contributed by atoms with Crippen molar-refractivity contribution in [1.82, 2.24) is 29.9 Å². The Labute approximate surface area is 791 Å². The van der Waals surface area contributed by atoms with E-state index in [4.69, 9.17) is 26.5 Å². The number of nitrogens with one attached hydrogen (secondary N) is 4. The van der Waals surface area contributed by atoms with E-state index in [1.807, 2.05) is 122 Å². The molecule has 0 amide bonds. The Hall–Kier alpha value is -18.6. The summed E-state index contributed by atoms with van der Waals surface area (Å²) in [6.07, 6.45) is 15.7. The fraction of sp³-hybridized carbons (Fsp3) is 0.0240. The Morgan fingerprint density at radius 3 is 0.891 bits per heavy atom. The van der Waals surface area contributed by atoms with Crippen LogP contribution in [0.25, 0.3) is 222 Å². The third-order valence-electron chi connectivity index (χ3n) is 25.2. The predicted molar refractivity (Wildman–Crippen MR) is 571 cm³/mol. The lowest BCUT2D eigenvalue weighted by Crippen LogP contribution is -2.08. The van der Waals surface area contributed by atoms with Crippen molar-refractivity contribution in [2.24, 2.45) is 0 Å². The highest BCUT2D eigenvalue weighted by Crippen LogP contribution is 2.54. The lowest BCUT2D eigenvalue weighted by molar-refractivity contribution is 0.318. The molecule has 0 radical (unpaired) electrons. The van der Waals surface area contributed by atoms with Crippen LogP contribution in [0.4, 0.5) is 5.69 Å². The summed E-state index contributed by atoms with van der Waals surface area (Å²) in [4.78, 5) is 55.6. The first-order valence-corrected chi connectivity index (χ1v) is 45.5. The number of anilines is 1. The second-order valence-electron chi connectivity index (χ2n) is 34.0. The van der Waals surface area contributed by atoms with E-state index in [0.717, 1.165) is 112 Å². The molecule has 4 N–H and O–H groups in total. The highest BCUT2D eigenvalue weighted by atomic mass is 16.5. The monoisotopic (exact) mass is 1760 g/mol. The first-order chi connectivity index (χ1) is 67.4. The predicted octanol–water partition coefficient (Wildman–Crippen LogP) is 31.1. The molecule has 0 atom stereocenters. The molecule has 16 aromatic carbocycles. The van der Waals surface area contributed by atoms with Crippen LogP contribution in [0.15, 0.2) is 451 Å².